The summed E-state index contributed by atoms with van der Waals surface area (Å²) in [5.41, 5.74) is 2.10. The molecule has 18 heavy (non-hydrogen) atoms. The molecule has 3 rings (SSSR count). The first-order valence-corrected chi connectivity index (χ1v) is 6.78. The van der Waals surface area contributed by atoms with Gasteiger partial charge in [0, 0.05) is 31.4 Å². The van der Waals surface area contributed by atoms with Crippen LogP contribution in [0.3, 0.4) is 0 Å². The maximum Gasteiger partial charge on any atom is 0.128 e. The normalized spacial score (nSPS) is 14.7. The summed E-state index contributed by atoms with van der Waals surface area (Å²) in [6.45, 7) is 2.69. The SMILES string of the molecule is ClCc1ccc(N2CCn3ccnc3C2)c(Cl)c1. The van der Waals surface area contributed by atoms with Gasteiger partial charge in [0.25, 0.3) is 0 Å². The van der Waals surface area contributed by atoms with Crippen LogP contribution in [-0.4, -0.2) is 16.1 Å². The van der Waals surface area contributed by atoms with Gasteiger partial charge in [-0.3, -0.25) is 0 Å². The smallest absolute Gasteiger partial charge is 0.128 e. The first-order chi connectivity index (χ1) is 8.78. The van der Waals surface area contributed by atoms with Crippen LogP contribution in [0, 0.1) is 0 Å². The topological polar surface area (TPSA) is 21.1 Å². The van der Waals surface area contributed by atoms with Crippen LogP contribution in [-0.2, 0) is 19.0 Å². The van der Waals surface area contributed by atoms with E-state index in [9.17, 15) is 0 Å². The number of imidazole rings is 1. The van der Waals surface area contributed by atoms with E-state index in [1.807, 2.05) is 30.6 Å². The molecular weight excluding hydrogens is 269 g/mol. The Balaban J connectivity index is 1.88. The third kappa shape index (κ3) is 2.08. The highest BCUT2D eigenvalue weighted by atomic mass is 35.5. The Morgan fingerprint density at radius 2 is 2.17 bits per heavy atom. The number of halogens is 2. The van der Waals surface area contributed by atoms with Gasteiger partial charge in [0.1, 0.15) is 5.82 Å². The molecule has 0 saturated carbocycles. The van der Waals surface area contributed by atoms with E-state index >= 15 is 0 Å². The van der Waals surface area contributed by atoms with Gasteiger partial charge in [0.2, 0.25) is 0 Å². The van der Waals surface area contributed by atoms with Crippen molar-refractivity contribution in [2.24, 2.45) is 0 Å². The van der Waals surface area contributed by atoms with Gasteiger partial charge in [-0.15, -0.1) is 11.6 Å². The second kappa shape index (κ2) is 4.82. The molecule has 0 aliphatic carbocycles. The first-order valence-electron chi connectivity index (χ1n) is 5.87. The van der Waals surface area contributed by atoms with Crippen molar-refractivity contribution in [3.05, 3.63) is 47.0 Å². The fourth-order valence-electron chi connectivity index (χ4n) is 2.27. The Morgan fingerprint density at radius 1 is 1.28 bits per heavy atom. The number of fused-ring (bicyclic) bond motifs is 1. The van der Waals surface area contributed by atoms with E-state index in [1.165, 1.54) is 0 Å². The van der Waals surface area contributed by atoms with E-state index in [4.69, 9.17) is 23.2 Å². The average Bonchev–Trinajstić information content (AvgIpc) is 2.85. The largest absolute Gasteiger partial charge is 0.361 e. The lowest BCUT2D eigenvalue weighted by atomic mass is 10.2. The second-order valence-corrected chi connectivity index (χ2v) is 5.05. The van der Waals surface area contributed by atoms with E-state index in [0.29, 0.717) is 5.88 Å². The summed E-state index contributed by atoms with van der Waals surface area (Å²) < 4.78 is 2.18. The minimum absolute atomic E-state index is 0.490. The molecule has 1 aliphatic heterocycles. The fraction of sp³-hybridized carbons (Fsp3) is 0.308. The molecule has 94 valence electrons. The number of benzene rings is 1. The molecule has 0 saturated heterocycles. The highest BCUT2D eigenvalue weighted by molar-refractivity contribution is 6.33. The van der Waals surface area contributed by atoms with E-state index in [0.717, 1.165) is 41.7 Å². The van der Waals surface area contributed by atoms with Crippen molar-refractivity contribution < 1.29 is 0 Å². The molecule has 3 nitrogen and oxygen atoms in total. The van der Waals surface area contributed by atoms with Gasteiger partial charge in [-0.1, -0.05) is 17.7 Å². The first kappa shape index (κ1) is 11.9. The van der Waals surface area contributed by atoms with Gasteiger partial charge < -0.3 is 9.47 Å². The highest BCUT2D eigenvalue weighted by Crippen LogP contribution is 2.29. The summed E-state index contributed by atoms with van der Waals surface area (Å²) in [4.78, 5) is 6.61. The molecule has 0 radical (unpaired) electrons. The van der Waals surface area contributed by atoms with Gasteiger partial charge in [-0.05, 0) is 17.7 Å². The summed E-state index contributed by atoms with van der Waals surface area (Å²) in [5, 5.41) is 0.758. The van der Waals surface area contributed by atoms with E-state index in [2.05, 4.69) is 14.5 Å². The molecule has 0 unspecified atom stereocenters. The minimum Gasteiger partial charge on any atom is -0.361 e. The number of rotatable bonds is 2. The zero-order chi connectivity index (χ0) is 12.5. The van der Waals surface area contributed by atoms with Crippen LogP contribution in [0.5, 0.6) is 0 Å². The third-order valence-electron chi connectivity index (χ3n) is 3.25. The van der Waals surface area contributed by atoms with Crippen LogP contribution in [0.1, 0.15) is 11.4 Å². The number of anilines is 1. The summed E-state index contributed by atoms with van der Waals surface area (Å²) in [6, 6.07) is 6.00. The standard InChI is InChI=1S/C13H13Cl2N3/c14-8-10-1-2-12(11(15)7-10)18-6-5-17-4-3-16-13(17)9-18/h1-4,7H,5-6,8-9H2. The zero-order valence-electron chi connectivity index (χ0n) is 9.81. The lowest BCUT2D eigenvalue weighted by Crippen LogP contribution is -2.33. The van der Waals surface area contributed by atoms with Gasteiger partial charge >= 0.3 is 0 Å². The maximum atomic E-state index is 6.32. The summed E-state index contributed by atoms with van der Waals surface area (Å²) in [6.07, 6.45) is 3.86. The van der Waals surface area contributed by atoms with E-state index in [-0.39, 0.29) is 0 Å². The summed E-state index contributed by atoms with van der Waals surface area (Å²) >= 11 is 12.1. The van der Waals surface area contributed by atoms with Crippen LogP contribution in [0.25, 0.3) is 0 Å². The molecule has 1 aromatic carbocycles. The van der Waals surface area contributed by atoms with Crippen molar-refractivity contribution in [3.63, 3.8) is 0 Å². The fourth-order valence-corrected chi connectivity index (χ4v) is 2.76. The van der Waals surface area contributed by atoms with Crippen molar-refractivity contribution in [1.82, 2.24) is 9.55 Å². The second-order valence-electron chi connectivity index (χ2n) is 4.38. The Morgan fingerprint density at radius 3 is 2.94 bits per heavy atom. The molecule has 1 aromatic heterocycles. The number of nitrogens with zero attached hydrogens (tertiary/aromatic N) is 3. The van der Waals surface area contributed by atoms with E-state index < -0.39 is 0 Å². The molecular formula is C13H13Cl2N3. The number of alkyl halides is 1. The van der Waals surface area contributed by atoms with Gasteiger partial charge in [0.05, 0.1) is 17.3 Å². The van der Waals surface area contributed by atoms with E-state index in [1.54, 1.807) is 0 Å². The lowest BCUT2D eigenvalue weighted by Gasteiger charge is -2.30. The summed E-state index contributed by atoms with van der Waals surface area (Å²) in [5.74, 6) is 1.57. The molecule has 0 bridgehead atoms. The minimum atomic E-state index is 0.490. The Hall–Kier alpha value is -1.19. The molecule has 5 heteroatoms. The van der Waals surface area contributed by atoms with Crippen molar-refractivity contribution >= 4 is 28.9 Å². The molecule has 1 aliphatic rings. The highest BCUT2D eigenvalue weighted by Gasteiger charge is 2.18. The molecule has 2 heterocycles. The number of hydrogen-bond acceptors (Lipinski definition) is 2. The Labute approximate surface area is 116 Å². The van der Waals surface area contributed by atoms with Crippen LogP contribution < -0.4 is 4.90 Å². The molecule has 0 spiro atoms. The maximum absolute atomic E-state index is 6.32. The predicted octanol–water partition coefficient (Wildman–Crippen LogP) is 3.30. The summed E-state index contributed by atoms with van der Waals surface area (Å²) in [7, 11) is 0. The van der Waals surface area contributed by atoms with Gasteiger partial charge in [0.15, 0.2) is 0 Å². The molecule has 0 atom stereocenters. The Kier molecular flexibility index (Phi) is 3.18. The van der Waals surface area contributed by atoms with Crippen LogP contribution in [0.15, 0.2) is 30.6 Å². The molecule has 2 aromatic rings. The van der Waals surface area contributed by atoms with Crippen LogP contribution in [0.2, 0.25) is 5.02 Å². The Bertz CT molecular complexity index is 565. The van der Waals surface area contributed by atoms with Gasteiger partial charge in [-0.25, -0.2) is 4.98 Å². The van der Waals surface area contributed by atoms with Crippen molar-refractivity contribution in [3.8, 4) is 0 Å². The van der Waals surface area contributed by atoms with Gasteiger partial charge in [-0.2, -0.15) is 0 Å². The molecule has 0 N–H and O–H groups in total. The van der Waals surface area contributed by atoms with Crippen LogP contribution >= 0.6 is 23.2 Å². The van der Waals surface area contributed by atoms with Crippen molar-refractivity contribution in [2.75, 3.05) is 11.4 Å². The number of aromatic nitrogens is 2. The number of hydrogen-bond donors (Lipinski definition) is 0. The quantitative estimate of drug-likeness (QED) is 0.788. The zero-order valence-corrected chi connectivity index (χ0v) is 11.3. The lowest BCUT2D eigenvalue weighted by molar-refractivity contribution is 0.560. The monoisotopic (exact) mass is 281 g/mol. The predicted molar refractivity (Wildman–Crippen MR) is 74.3 cm³/mol. The molecule has 0 fully saturated rings. The average molecular weight is 282 g/mol. The third-order valence-corrected chi connectivity index (χ3v) is 3.86. The van der Waals surface area contributed by atoms with Crippen molar-refractivity contribution in [1.29, 1.82) is 0 Å². The van der Waals surface area contributed by atoms with Crippen molar-refractivity contribution in [2.45, 2.75) is 19.0 Å². The van der Waals surface area contributed by atoms with Crippen LogP contribution in [0.4, 0.5) is 5.69 Å². The molecule has 0 amide bonds.